The van der Waals surface area contributed by atoms with Crippen molar-refractivity contribution in [2.45, 2.75) is 0 Å². The van der Waals surface area contributed by atoms with E-state index in [4.69, 9.17) is 10.1 Å². The number of hydrogen-bond donors (Lipinski definition) is 2. The second-order valence-electron chi connectivity index (χ2n) is 4.92. The molecule has 0 radical (unpaired) electrons. The number of carbonyl (C=O) groups excluding carboxylic acids is 2. The summed E-state index contributed by atoms with van der Waals surface area (Å²) in [6, 6.07) is 10.7. The maximum Gasteiger partial charge on any atom is 0.334 e. The monoisotopic (exact) mass is 469 g/mol. The SMILES string of the molecule is COC(=O)CONC(=O)c1ccc(C#N)cc1Nc1ccc(I)cc1F. The van der Waals surface area contributed by atoms with Gasteiger partial charge in [0.05, 0.1) is 35.7 Å². The van der Waals surface area contributed by atoms with E-state index >= 15 is 0 Å². The first-order chi connectivity index (χ1) is 12.4. The lowest BCUT2D eigenvalue weighted by Crippen LogP contribution is -2.27. The van der Waals surface area contributed by atoms with Crippen molar-refractivity contribution in [2.75, 3.05) is 19.0 Å². The Morgan fingerprint density at radius 2 is 2.00 bits per heavy atom. The molecule has 134 valence electrons. The van der Waals surface area contributed by atoms with Crippen LogP contribution < -0.4 is 10.8 Å². The number of halogens is 2. The Hall–Kier alpha value is -2.71. The van der Waals surface area contributed by atoms with Crippen LogP contribution in [0.2, 0.25) is 0 Å². The molecule has 0 bridgehead atoms. The Morgan fingerprint density at radius 3 is 2.65 bits per heavy atom. The van der Waals surface area contributed by atoms with Gasteiger partial charge in [-0.1, -0.05) is 0 Å². The van der Waals surface area contributed by atoms with Gasteiger partial charge in [0.15, 0.2) is 6.61 Å². The van der Waals surface area contributed by atoms with Crippen molar-refractivity contribution in [1.29, 1.82) is 5.26 Å². The lowest BCUT2D eigenvalue weighted by molar-refractivity contribution is -0.147. The van der Waals surface area contributed by atoms with Gasteiger partial charge >= 0.3 is 5.97 Å². The highest BCUT2D eigenvalue weighted by Crippen LogP contribution is 2.25. The second kappa shape index (κ2) is 9.12. The number of methoxy groups -OCH3 is 1. The van der Waals surface area contributed by atoms with E-state index in [0.717, 1.165) is 0 Å². The van der Waals surface area contributed by atoms with Crippen LogP contribution in [0, 0.1) is 20.7 Å². The van der Waals surface area contributed by atoms with Crippen LogP contribution in [-0.2, 0) is 14.4 Å². The molecule has 0 aromatic heterocycles. The molecular formula is C17H13FIN3O4. The fourth-order valence-electron chi connectivity index (χ4n) is 1.93. The topological polar surface area (TPSA) is 100 Å². The minimum atomic E-state index is -0.674. The summed E-state index contributed by atoms with van der Waals surface area (Å²) in [5.41, 5.74) is 2.84. The number of carbonyl (C=O) groups is 2. The minimum absolute atomic E-state index is 0.104. The third-order valence-electron chi connectivity index (χ3n) is 3.18. The number of rotatable bonds is 6. The van der Waals surface area contributed by atoms with Gasteiger partial charge in [-0.3, -0.25) is 9.63 Å². The van der Waals surface area contributed by atoms with Crippen molar-refractivity contribution in [3.8, 4) is 6.07 Å². The van der Waals surface area contributed by atoms with Gasteiger partial charge in [0.1, 0.15) is 5.82 Å². The van der Waals surface area contributed by atoms with Gasteiger partial charge in [-0.15, -0.1) is 0 Å². The molecule has 0 unspecified atom stereocenters. The number of hydroxylamine groups is 1. The van der Waals surface area contributed by atoms with Crippen LogP contribution >= 0.6 is 22.6 Å². The highest BCUT2D eigenvalue weighted by molar-refractivity contribution is 14.1. The fraction of sp³-hybridized carbons (Fsp3) is 0.118. The molecule has 0 saturated heterocycles. The number of nitriles is 1. The molecule has 26 heavy (non-hydrogen) atoms. The third-order valence-corrected chi connectivity index (χ3v) is 3.85. The largest absolute Gasteiger partial charge is 0.467 e. The zero-order valence-electron chi connectivity index (χ0n) is 13.5. The van der Waals surface area contributed by atoms with Gasteiger partial charge in [-0.25, -0.2) is 14.7 Å². The summed E-state index contributed by atoms with van der Waals surface area (Å²) in [5, 5.41) is 11.8. The molecular weight excluding hydrogens is 456 g/mol. The molecule has 2 N–H and O–H groups in total. The number of amides is 1. The van der Waals surface area contributed by atoms with E-state index < -0.39 is 24.3 Å². The van der Waals surface area contributed by atoms with Crippen LogP contribution in [0.15, 0.2) is 36.4 Å². The number of anilines is 2. The number of benzene rings is 2. The standard InChI is InChI=1S/C17H13FIN3O4/c1-25-16(23)9-26-22-17(24)12-4-2-10(8-20)6-15(12)21-14-5-3-11(19)7-13(14)18/h2-7,21H,9H2,1H3,(H,22,24). The van der Waals surface area contributed by atoms with Crippen molar-refractivity contribution < 1.29 is 23.6 Å². The van der Waals surface area contributed by atoms with Gasteiger partial charge < -0.3 is 10.1 Å². The minimum Gasteiger partial charge on any atom is -0.467 e. The van der Waals surface area contributed by atoms with Gasteiger partial charge in [0.2, 0.25) is 0 Å². The predicted molar refractivity (Wildman–Crippen MR) is 99.0 cm³/mol. The average molecular weight is 469 g/mol. The molecule has 0 spiro atoms. The van der Waals surface area contributed by atoms with Gasteiger partial charge in [-0.05, 0) is 59.0 Å². The molecule has 2 aromatic rings. The number of nitrogens with zero attached hydrogens (tertiary/aromatic N) is 1. The van der Waals surface area contributed by atoms with Crippen molar-refractivity contribution >= 4 is 45.8 Å². The molecule has 7 nitrogen and oxygen atoms in total. The molecule has 0 aliphatic rings. The molecule has 0 aliphatic heterocycles. The molecule has 0 atom stereocenters. The molecule has 0 heterocycles. The Bertz CT molecular complexity index is 883. The molecule has 0 fully saturated rings. The summed E-state index contributed by atoms with van der Waals surface area (Å²) in [4.78, 5) is 28.0. The molecule has 0 aliphatic carbocycles. The van der Waals surface area contributed by atoms with E-state index in [0.29, 0.717) is 3.57 Å². The summed E-state index contributed by atoms with van der Waals surface area (Å²) in [5.74, 6) is -1.84. The highest BCUT2D eigenvalue weighted by Gasteiger charge is 2.15. The van der Waals surface area contributed by atoms with Crippen molar-refractivity contribution in [3.05, 3.63) is 56.9 Å². The summed E-state index contributed by atoms with van der Waals surface area (Å²) in [7, 11) is 1.19. The smallest absolute Gasteiger partial charge is 0.334 e. The fourth-order valence-corrected chi connectivity index (χ4v) is 2.38. The van der Waals surface area contributed by atoms with Gasteiger partial charge in [0, 0.05) is 3.57 Å². The van der Waals surface area contributed by atoms with E-state index in [9.17, 15) is 14.0 Å². The quantitative estimate of drug-likeness (QED) is 0.384. The maximum absolute atomic E-state index is 14.1. The van der Waals surface area contributed by atoms with E-state index in [1.807, 2.05) is 28.7 Å². The van der Waals surface area contributed by atoms with E-state index in [2.05, 4.69) is 15.5 Å². The molecule has 2 aromatic carbocycles. The lowest BCUT2D eigenvalue weighted by Gasteiger charge is -2.13. The van der Waals surface area contributed by atoms with Crippen LogP contribution in [-0.4, -0.2) is 25.6 Å². The first-order valence-corrected chi connectivity index (χ1v) is 8.27. The molecule has 9 heteroatoms. The maximum atomic E-state index is 14.1. The van der Waals surface area contributed by atoms with Crippen LogP contribution in [0.5, 0.6) is 0 Å². The van der Waals surface area contributed by atoms with E-state index in [1.165, 1.54) is 37.4 Å². The van der Waals surface area contributed by atoms with Gasteiger partial charge in [-0.2, -0.15) is 5.26 Å². The van der Waals surface area contributed by atoms with Crippen LogP contribution in [0.4, 0.5) is 15.8 Å². The summed E-state index contributed by atoms with van der Waals surface area (Å²) in [6.45, 7) is -0.465. The number of hydrogen-bond acceptors (Lipinski definition) is 6. The molecule has 2 rings (SSSR count). The summed E-state index contributed by atoms with van der Waals surface area (Å²) >= 11 is 1.98. The Balaban J connectivity index is 2.25. The number of nitrogens with one attached hydrogen (secondary N) is 2. The van der Waals surface area contributed by atoms with Crippen molar-refractivity contribution in [3.63, 3.8) is 0 Å². The molecule has 0 saturated carbocycles. The zero-order chi connectivity index (χ0) is 19.1. The van der Waals surface area contributed by atoms with Crippen molar-refractivity contribution in [2.24, 2.45) is 0 Å². The predicted octanol–water partition coefficient (Wildman–Crippen LogP) is 2.88. The van der Waals surface area contributed by atoms with Crippen LogP contribution in [0.3, 0.4) is 0 Å². The van der Waals surface area contributed by atoms with Crippen LogP contribution in [0.25, 0.3) is 0 Å². The normalized spacial score (nSPS) is 9.92. The molecule has 1 amide bonds. The number of esters is 1. The summed E-state index contributed by atoms with van der Waals surface area (Å²) < 4.78 is 19.2. The van der Waals surface area contributed by atoms with Gasteiger partial charge in [0.25, 0.3) is 5.91 Å². The summed E-state index contributed by atoms with van der Waals surface area (Å²) in [6.07, 6.45) is 0. The second-order valence-corrected chi connectivity index (χ2v) is 6.16. The first-order valence-electron chi connectivity index (χ1n) is 7.19. The highest BCUT2D eigenvalue weighted by atomic mass is 127. The Labute approximate surface area is 162 Å². The average Bonchev–Trinajstić information content (AvgIpc) is 2.63. The first kappa shape index (κ1) is 19.6. The van der Waals surface area contributed by atoms with Crippen LogP contribution in [0.1, 0.15) is 15.9 Å². The Morgan fingerprint density at radius 1 is 1.23 bits per heavy atom. The van der Waals surface area contributed by atoms with Crippen molar-refractivity contribution in [1.82, 2.24) is 5.48 Å². The zero-order valence-corrected chi connectivity index (χ0v) is 15.7. The van der Waals surface area contributed by atoms with E-state index in [1.54, 1.807) is 6.07 Å². The third kappa shape index (κ3) is 5.14. The lowest BCUT2D eigenvalue weighted by atomic mass is 10.1. The Kier molecular flexibility index (Phi) is 6.88. The van der Waals surface area contributed by atoms with E-state index in [-0.39, 0.29) is 22.5 Å². The number of ether oxygens (including phenoxy) is 1.